The second-order valence-electron chi connectivity index (χ2n) is 2.43. The van der Waals surface area contributed by atoms with Gasteiger partial charge in [-0.25, -0.2) is 0 Å². The van der Waals surface area contributed by atoms with Crippen LogP contribution in [0.4, 0.5) is 0 Å². The van der Waals surface area contributed by atoms with Crippen molar-refractivity contribution in [1.82, 2.24) is 0 Å². The third kappa shape index (κ3) is 1.82. The van der Waals surface area contributed by atoms with Crippen molar-refractivity contribution in [3.8, 4) is 0 Å². The number of ether oxygens (including phenoxy) is 1. The van der Waals surface area contributed by atoms with Crippen LogP contribution in [-0.4, -0.2) is 32.7 Å². The molecule has 0 aliphatic carbocycles. The van der Waals surface area contributed by atoms with Gasteiger partial charge >= 0.3 is 0 Å². The average molecular weight is 226 g/mol. The molecule has 0 radical (unpaired) electrons. The smallest absolute Gasteiger partial charge is 0.209 e. The minimum Gasteiger partial charge on any atom is -0.341 e. The Morgan fingerprint density at radius 3 is 2.64 bits per heavy atom. The van der Waals surface area contributed by atoms with E-state index < -0.39 is 0 Å². The number of thioether (sulfide) groups is 3. The molecule has 2 rings (SSSR count). The van der Waals surface area contributed by atoms with Crippen LogP contribution in [0.15, 0.2) is 0 Å². The maximum Gasteiger partial charge on any atom is 0.209 e. The predicted molar refractivity (Wildman–Crippen MR) is 58.8 cm³/mol. The van der Waals surface area contributed by atoms with Crippen molar-refractivity contribution < 1.29 is 4.74 Å². The van der Waals surface area contributed by atoms with Crippen LogP contribution < -0.4 is 0 Å². The molecule has 11 heavy (non-hydrogen) atoms. The summed E-state index contributed by atoms with van der Waals surface area (Å²) in [5.74, 6) is 4.44. The number of thiol groups is 1. The van der Waals surface area contributed by atoms with Gasteiger partial charge in [0.25, 0.3) is 0 Å². The highest BCUT2D eigenvalue weighted by atomic mass is 32.3. The fourth-order valence-electron chi connectivity index (χ4n) is 1.08. The lowest BCUT2D eigenvalue weighted by atomic mass is 10.5. The molecule has 2 aliphatic rings. The molecule has 1 nitrogen and oxygen atoms in total. The van der Waals surface area contributed by atoms with Crippen molar-refractivity contribution in [2.45, 2.75) is 9.70 Å². The lowest BCUT2D eigenvalue weighted by Crippen LogP contribution is -2.17. The highest BCUT2D eigenvalue weighted by Gasteiger charge is 2.44. The molecule has 2 saturated heterocycles. The van der Waals surface area contributed by atoms with Gasteiger partial charge in [-0.2, -0.15) is 12.6 Å². The zero-order valence-corrected chi connectivity index (χ0v) is 9.33. The molecule has 64 valence electrons. The van der Waals surface area contributed by atoms with Gasteiger partial charge in [0, 0.05) is 23.0 Å². The Morgan fingerprint density at radius 2 is 2.09 bits per heavy atom. The summed E-state index contributed by atoms with van der Waals surface area (Å²) in [6, 6.07) is 0. The molecule has 0 aromatic carbocycles. The normalized spacial score (nSPS) is 35.2. The van der Waals surface area contributed by atoms with Crippen molar-refractivity contribution in [2.24, 2.45) is 0 Å². The van der Waals surface area contributed by atoms with E-state index in [1.165, 1.54) is 11.5 Å². The van der Waals surface area contributed by atoms with Gasteiger partial charge < -0.3 is 4.74 Å². The Hall–Kier alpha value is 1.36. The summed E-state index contributed by atoms with van der Waals surface area (Å²) >= 11 is 10.1. The molecule has 0 amide bonds. The quantitative estimate of drug-likeness (QED) is 0.686. The van der Waals surface area contributed by atoms with Crippen LogP contribution in [-0.2, 0) is 4.74 Å². The summed E-state index contributed by atoms with van der Waals surface area (Å²) in [5.41, 5.74) is 0. The molecule has 1 atom stereocenters. The third-order valence-electron chi connectivity index (χ3n) is 1.60. The van der Waals surface area contributed by atoms with Gasteiger partial charge in [-0.05, 0) is 0 Å². The first-order valence-corrected chi connectivity index (χ1v) is 7.14. The van der Waals surface area contributed by atoms with Crippen molar-refractivity contribution in [1.29, 1.82) is 0 Å². The van der Waals surface area contributed by atoms with Gasteiger partial charge in [0.05, 0.1) is 6.10 Å². The fourth-order valence-corrected chi connectivity index (χ4v) is 6.23. The number of hydrogen-bond acceptors (Lipinski definition) is 5. The molecule has 0 aromatic rings. The summed E-state index contributed by atoms with van der Waals surface area (Å²) in [4.78, 5) is 0. The second kappa shape index (κ2) is 3.62. The first-order chi connectivity index (χ1) is 5.35. The highest BCUT2D eigenvalue weighted by molar-refractivity contribution is 8.35. The predicted octanol–water partition coefficient (Wildman–Crippen LogP) is 2.14. The molecule has 1 spiro atoms. The maximum absolute atomic E-state index is 5.87. The molecule has 0 aromatic heterocycles. The fraction of sp³-hybridized carbons (Fsp3) is 1.00. The standard InChI is InChI=1S/C6H10OS4/c8-3-5-4-11-6(7-5)9-1-2-10-6/h5,8H,1-4H2. The topological polar surface area (TPSA) is 9.23 Å². The van der Waals surface area contributed by atoms with Crippen LogP contribution in [0.1, 0.15) is 0 Å². The molecular formula is C6H10OS4. The minimum absolute atomic E-state index is 0.0629. The van der Waals surface area contributed by atoms with E-state index in [-0.39, 0.29) is 3.60 Å². The van der Waals surface area contributed by atoms with Crippen LogP contribution >= 0.6 is 47.9 Å². The Kier molecular flexibility index (Phi) is 2.94. The van der Waals surface area contributed by atoms with E-state index in [4.69, 9.17) is 4.74 Å². The Bertz CT molecular complexity index is 146. The maximum atomic E-state index is 5.87. The van der Waals surface area contributed by atoms with Crippen LogP contribution in [0.2, 0.25) is 0 Å². The Labute approximate surface area is 85.2 Å². The van der Waals surface area contributed by atoms with E-state index in [2.05, 4.69) is 12.6 Å². The van der Waals surface area contributed by atoms with Crippen molar-refractivity contribution in [2.75, 3.05) is 23.0 Å². The lowest BCUT2D eigenvalue weighted by molar-refractivity contribution is 0.110. The lowest BCUT2D eigenvalue weighted by Gasteiger charge is -2.19. The molecule has 0 bridgehead atoms. The molecule has 0 N–H and O–H groups in total. The monoisotopic (exact) mass is 226 g/mol. The summed E-state index contributed by atoms with van der Waals surface area (Å²) in [6.07, 6.45) is 0.376. The summed E-state index contributed by atoms with van der Waals surface area (Å²) in [7, 11) is 0. The number of hydrogen-bond donors (Lipinski definition) is 1. The van der Waals surface area contributed by atoms with Gasteiger partial charge in [-0.1, -0.05) is 0 Å². The molecule has 5 heteroatoms. The van der Waals surface area contributed by atoms with Gasteiger partial charge in [-0.3, -0.25) is 0 Å². The summed E-state index contributed by atoms with van der Waals surface area (Å²) < 4.78 is 5.93. The van der Waals surface area contributed by atoms with Crippen molar-refractivity contribution in [3.05, 3.63) is 0 Å². The van der Waals surface area contributed by atoms with Crippen molar-refractivity contribution in [3.63, 3.8) is 0 Å². The zero-order valence-electron chi connectivity index (χ0n) is 5.99. The third-order valence-corrected chi connectivity index (χ3v) is 7.09. The van der Waals surface area contributed by atoms with E-state index in [0.29, 0.717) is 6.10 Å². The molecule has 1 unspecified atom stereocenters. The van der Waals surface area contributed by atoms with Crippen LogP contribution in [0.25, 0.3) is 0 Å². The average Bonchev–Trinajstić information content (AvgIpc) is 2.62. The Balaban J connectivity index is 1.96. The van der Waals surface area contributed by atoms with Crippen LogP contribution in [0.5, 0.6) is 0 Å². The first-order valence-electron chi connectivity index (χ1n) is 3.55. The van der Waals surface area contributed by atoms with E-state index in [1.807, 2.05) is 35.3 Å². The molecule has 0 saturated carbocycles. The van der Waals surface area contributed by atoms with Crippen LogP contribution in [0.3, 0.4) is 0 Å². The molecular weight excluding hydrogens is 216 g/mol. The second-order valence-corrected chi connectivity index (χ2v) is 7.31. The van der Waals surface area contributed by atoms with E-state index in [0.717, 1.165) is 11.5 Å². The Morgan fingerprint density at radius 1 is 1.36 bits per heavy atom. The highest BCUT2D eigenvalue weighted by Crippen LogP contribution is 2.57. The van der Waals surface area contributed by atoms with E-state index in [9.17, 15) is 0 Å². The summed E-state index contributed by atoms with van der Waals surface area (Å²) in [5, 5.41) is 0. The largest absolute Gasteiger partial charge is 0.341 e. The van der Waals surface area contributed by atoms with E-state index >= 15 is 0 Å². The van der Waals surface area contributed by atoms with Crippen LogP contribution in [0, 0.1) is 0 Å². The number of rotatable bonds is 1. The van der Waals surface area contributed by atoms with Gasteiger partial charge in [0.2, 0.25) is 3.60 Å². The van der Waals surface area contributed by atoms with Gasteiger partial charge in [0.1, 0.15) is 0 Å². The van der Waals surface area contributed by atoms with E-state index in [1.54, 1.807) is 0 Å². The zero-order chi connectivity index (χ0) is 7.73. The molecule has 2 fully saturated rings. The van der Waals surface area contributed by atoms with Crippen molar-refractivity contribution >= 4 is 47.9 Å². The molecule has 2 aliphatic heterocycles. The van der Waals surface area contributed by atoms with Gasteiger partial charge in [0.15, 0.2) is 0 Å². The summed E-state index contributed by atoms with van der Waals surface area (Å²) in [6.45, 7) is 0. The SMILES string of the molecule is SCC1CSC2(O1)SCCS2. The minimum atomic E-state index is 0.0629. The van der Waals surface area contributed by atoms with Gasteiger partial charge in [-0.15, -0.1) is 35.3 Å². The first kappa shape index (κ1) is 8.94. The molecule has 2 heterocycles.